The largest absolute Gasteiger partial charge is 0.380 e. The minimum absolute atomic E-state index is 0.181. The van der Waals surface area contributed by atoms with Crippen molar-refractivity contribution in [1.82, 2.24) is 5.32 Å². The molecule has 1 atom stereocenters. The van der Waals surface area contributed by atoms with Crippen molar-refractivity contribution >= 4 is 0 Å². The van der Waals surface area contributed by atoms with E-state index >= 15 is 4.39 Å². The molecule has 1 rings (SSSR count). The summed E-state index contributed by atoms with van der Waals surface area (Å²) >= 11 is 0. The van der Waals surface area contributed by atoms with Gasteiger partial charge in [-0.25, -0.2) is 4.39 Å². The fraction of sp³-hybridized carbons (Fsp3) is 0.789. The van der Waals surface area contributed by atoms with Crippen LogP contribution in [-0.4, -0.2) is 11.2 Å². The second-order valence-corrected chi connectivity index (χ2v) is 7.85. The first-order valence-corrected chi connectivity index (χ1v) is 8.27. The van der Waals surface area contributed by atoms with Crippen LogP contribution in [0.3, 0.4) is 0 Å². The number of allylic oxidation sites excluding steroid dienone is 1. The molecule has 120 valence electrons. The molecule has 0 aromatic heterocycles. The first kappa shape index (κ1) is 18.1. The van der Waals surface area contributed by atoms with Crippen LogP contribution in [0.1, 0.15) is 79.6 Å². The Kier molecular flexibility index (Phi) is 5.91. The maximum atomic E-state index is 15.1. The van der Waals surface area contributed by atoms with E-state index in [0.29, 0.717) is 12.1 Å². The zero-order valence-corrected chi connectivity index (χ0v) is 14.5. The lowest BCUT2D eigenvalue weighted by atomic mass is 9.77. The zero-order chi connectivity index (χ0) is 16.1. The van der Waals surface area contributed by atoms with Gasteiger partial charge >= 0.3 is 0 Å². The molecule has 1 aliphatic carbocycles. The average Bonchev–Trinajstić information content (AvgIpc) is 2.32. The van der Waals surface area contributed by atoms with Crippen LogP contribution in [0.25, 0.3) is 0 Å². The molecule has 0 amide bonds. The fourth-order valence-electron chi connectivity index (χ4n) is 3.12. The Hall–Kier alpha value is -0.970. The van der Waals surface area contributed by atoms with E-state index < -0.39 is 5.67 Å². The summed E-state index contributed by atoms with van der Waals surface area (Å²) < 4.78 is 15.1. The third kappa shape index (κ3) is 5.73. The quantitative estimate of drug-likeness (QED) is 0.649. The highest BCUT2D eigenvalue weighted by molar-refractivity contribution is 5.29. The van der Waals surface area contributed by atoms with Gasteiger partial charge in [0.2, 0.25) is 5.67 Å². The molecule has 0 saturated heterocycles. The molecule has 0 fully saturated rings. The van der Waals surface area contributed by atoms with Crippen molar-refractivity contribution in [3.8, 4) is 11.8 Å². The number of hydrogen-bond donors (Lipinski definition) is 1. The summed E-state index contributed by atoms with van der Waals surface area (Å²) in [5.41, 5.74) is -1.09. The van der Waals surface area contributed by atoms with E-state index in [-0.39, 0.29) is 11.0 Å². The lowest BCUT2D eigenvalue weighted by molar-refractivity contribution is 0.196. The fourth-order valence-corrected chi connectivity index (χ4v) is 3.12. The molecule has 1 nitrogen and oxygen atoms in total. The Bertz CT molecular complexity index is 425. The molecular formula is C19H32FN. The highest BCUT2D eigenvalue weighted by atomic mass is 19.1. The molecule has 0 radical (unpaired) electrons. The molecule has 0 aliphatic heterocycles. The summed E-state index contributed by atoms with van der Waals surface area (Å²) in [6.45, 7) is 14.9. The molecular weight excluding hydrogens is 261 g/mol. The highest BCUT2D eigenvalue weighted by Crippen LogP contribution is 2.34. The predicted molar refractivity (Wildman–Crippen MR) is 89.7 cm³/mol. The SMILES string of the molecule is C=C(NC(C)(C)CC(C)(C)CC)C1(F)C#CCCCCC1. The Morgan fingerprint density at radius 1 is 1.24 bits per heavy atom. The van der Waals surface area contributed by atoms with Gasteiger partial charge in [-0.15, -0.1) is 0 Å². The molecule has 1 unspecified atom stereocenters. The van der Waals surface area contributed by atoms with Crippen molar-refractivity contribution in [3.05, 3.63) is 12.3 Å². The van der Waals surface area contributed by atoms with Crippen LogP contribution >= 0.6 is 0 Å². The summed E-state index contributed by atoms with van der Waals surface area (Å²) in [5.74, 6) is 5.80. The number of hydrogen-bond acceptors (Lipinski definition) is 1. The predicted octanol–water partition coefficient (Wildman–Crippen LogP) is 5.37. The van der Waals surface area contributed by atoms with Crippen molar-refractivity contribution in [3.63, 3.8) is 0 Å². The number of alkyl halides is 1. The van der Waals surface area contributed by atoms with E-state index in [4.69, 9.17) is 0 Å². The van der Waals surface area contributed by atoms with Gasteiger partial charge in [-0.2, -0.15) is 0 Å². The number of halogens is 1. The minimum atomic E-state index is -1.58. The van der Waals surface area contributed by atoms with E-state index in [0.717, 1.165) is 38.5 Å². The van der Waals surface area contributed by atoms with Crippen LogP contribution in [0.4, 0.5) is 4.39 Å². The Labute approximate surface area is 130 Å². The third-order valence-electron chi connectivity index (χ3n) is 4.45. The monoisotopic (exact) mass is 293 g/mol. The zero-order valence-electron chi connectivity index (χ0n) is 14.5. The van der Waals surface area contributed by atoms with Crippen LogP contribution in [0.15, 0.2) is 12.3 Å². The number of rotatable bonds is 6. The molecule has 0 aromatic rings. The molecule has 1 aliphatic rings. The van der Waals surface area contributed by atoms with Crippen molar-refractivity contribution in [2.24, 2.45) is 5.41 Å². The second kappa shape index (κ2) is 6.86. The molecule has 0 saturated carbocycles. The van der Waals surface area contributed by atoms with Gasteiger partial charge in [-0.05, 0) is 44.9 Å². The standard InChI is InChI=1S/C19H32FN/c1-7-17(3,4)15-18(5,6)21-16(2)19(20)13-11-9-8-10-12-14-19/h21H,2,7-11,13,15H2,1,3-6H3. The molecule has 0 spiro atoms. The maximum Gasteiger partial charge on any atom is 0.209 e. The summed E-state index contributed by atoms with van der Waals surface area (Å²) in [6, 6.07) is 0. The lowest BCUT2D eigenvalue weighted by Gasteiger charge is -2.38. The first-order chi connectivity index (χ1) is 9.60. The van der Waals surface area contributed by atoms with Crippen molar-refractivity contribution in [2.45, 2.75) is 90.8 Å². The van der Waals surface area contributed by atoms with Gasteiger partial charge in [0.05, 0.1) is 5.70 Å². The van der Waals surface area contributed by atoms with Gasteiger partial charge in [-0.3, -0.25) is 0 Å². The smallest absolute Gasteiger partial charge is 0.209 e. The van der Waals surface area contributed by atoms with Gasteiger partial charge in [0.1, 0.15) is 0 Å². The molecule has 0 heterocycles. The van der Waals surface area contributed by atoms with Crippen LogP contribution in [0, 0.1) is 17.3 Å². The van der Waals surface area contributed by atoms with Gasteiger partial charge in [0, 0.05) is 12.0 Å². The summed E-state index contributed by atoms with van der Waals surface area (Å²) in [5, 5.41) is 3.33. The molecule has 21 heavy (non-hydrogen) atoms. The van der Waals surface area contributed by atoms with Crippen LogP contribution < -0.4 is 5.32 Å². The Balaban J connectivity index is 2.78. The average molecular weight is 293 g/mol. The molecule has 0 aromatic carbocycles. The maximum absolute atomic E-state index is 15.1. The van der Waals surface area contributed by atoms with E-state index in [1.165, 1.54) is 0 Å². The highest BCUT2D eigenvalue weighted by Gasteiger charge is 2.35. The molecule has 0 bridgehead atoms. The van der Waals surface area contributed by atoms with Gasteiger partial charge < -0.3 is 5.32 Å². The van der Waals surface area contributed by atoms with Crippen LogP contribution in [-0.2, 0) is 0 Å². The van der Waals surface area contributed by atoms with E-state index in [1.807, 2.05) is 0 Å². The third-order valence-corrected chi connectivity index (χ3v) is 4.45. The van der Waals surface area contributed by atoms with Crippen LogP contribution in [0.2, 0.25) is 0 Å². The van der Waals surface area contributed by atoms with Gasteiger partial charge in [-0.1, -0.05) is 52.0 Å². The minimum Gasteiger partial charge on any atom is -0.380 e. The van der Waals surface area contributed by atoms with Crippen molar-refractivity contribution in [2.75, 3.05) is 0 Å². The molecule has 2 heteroatoms. The normalized spacial score (nSPS) is 23.5. The van der Waals surface area contributed by atoms with Crippen LogP contribution in [0.5, 0.6) is 0 Å². The van der Waals surface area contributed by atoms with E-state index in [9.17, 15) is 0 Å². The summed E-state index contributed by atoms with van der Waals surface area (Å²) in [6.07, 6.45) is 6.35. The summed E-state index contributed by atoms with van der Waals surface area (Å²) in [7, 11) is 0. The molecule has 1 N–H and O–H groups in total. The first-order valence-electron chi connectivity index (χ1n) is 8.27. The van der Waals surface area contributed by atoms with Crippen molar-refractivity contribution in [1.29, 1.82) is 0 Å². The lowest BCUT2D eigenvalue weighted by Crippen LogP contribution is -2.46. The summed E-state index contributed by atoms with van der Waals surface area (Å²) in [4.78, 5) is 0. The van der Waals surface area contributed by atoms with Gasteiger partial charge in [0.15, 0.2) is 0 Å². The second-order valence-electron chi connectivity index (χ2n) is 7.85. The topological polar surface area (TPSA) is 12.0 Å². The van der Waals surface area contributed by atoms with Crippen molar-refractivity contribution < 1.29 is 4.39 Å². The van der Waals surface area contributed by atoms with E-state index in [1.54, 1.807) is 0 Å². The number of nitrogens with one attached hydrogen (secondary N) is 1. The van der Waals surface area contributed by atoms with Gasteiger partial charge in [0.25, 0.3) is 0 Å². The Morgan fingerprint density at radius 2 is 1.90 bits per heavy atom. The Morgan fingerprint density at radius 3 is 2.52 bits per heavy atom. The van der Waals surface area contributed by atoms with E-state index in [2.05, 4.69) is 58.4 Å².